The van der Waals surface area contributed by atoms with Crippen molar-refractivity contribution in [2.45, 2.75) is 13.8 Å². The standard InChI is InChI=1S/C13H14N2O2S2/c1-3-17-12(16)9-19-13(18)11(8-14)15-6-4-10(2)5-7-15/h4-7H,3,9H2,1-2H3. The third-order valence-electron chi connectivity index (χ3n) is 2.18. The molecule has 0 atom stereocenters. The normalized spacial score (nSPS) is 11.4. The van der Waals surface area contributed by atoms with Crippen molar-refractivity contribution in [1.29, 1.82) is 5.26 Å². The molecule has 1 rings (SSSR count). The Morgan fingerprint density at radius 1 is 1.53 bits per heavy atom. The van der Waals surface area contributed by atoms with Crippen molar-refractivity contribution in [3.8, 4) is 6.07 Å². The lowest BCUT2D eigenvalue weighted by atomic mass is 10.3. The zero-order valence-corrected chi connectivity index (χ0v) is 12.4. The van der Waals surface area contributed by atoms with E-state index in [2.05, 4.69) is 6.07 Å². The number of ether oxygens (including phenoxy) is 1. The summed E-state index contributed by atoms with van der Waals surface area (Å²) in [5.74, 6) is -0.217. The van der Waals surface area contributed by atoms with Gasteiger partial charge in [-0.15, -0.1) is 11.8 Å². The SMILES string of the molecule is CCOC(=O)CSC([S-])=C(C#N)[n+]1ccc(C)cc1. The topological polar surface area (TPSA) is 54.0 Å². The molecule has 0 spiro atoms. The van der Waals surface area contributed by atoms with Gasteiger partial charge in [-0.3, -0.25) is 4.79 Å². The summed E-state index contributed by atoms with van der Waals surface area (Å²) in [5.41, 5.74) is 1.43. The maximum Gasteiger partial charge on any atom is 0.316 e. The Balaban J connectivity index is 2.82. The zero-order chi connectivity index (χ0) is 14.3. The first-order valence-electron chi connectivity index (χ1n) is 5.66. The van der Waals surface area contributed by atoms with Gasteiger partial charge in [-0.05, 0) is 19.4 Å². The number of rotatable bonds is 5. The molecule has 19 heavy (non-hydrogen) atoms. The first kappa shape index (κ1) is 15.5. The second-order valence-corrected chi connectivity index (χ2v) is 5.28. The average Bonchev–Trinajstić information content (AvgIpc) is 2.40. The van der Waals surface area contributed by atoms with Crippen LogP contribution < -0.4 is 4.57 Å². The molecule has 0 aliphatic rings. The van der Waals surface area contributed by atoms with Gasteiger partial charge in [0.05, 0.1) is 12.4 Å². The number of hydrogen-bond donors (Lipinski definition) is 0. The minimum absolute atomic E-state index is 0.115. The van der Waals surface area contributed by atoms with Crippen LogP contribution in [0.25, 0.3) is 5.70 Å². The predicted octanol–water partition coefficient (Wildman–Crippen LogP) is 1.78. The monoisotopic (exact) mass is 294 g/mol. The molecule has 0 aromatic carbocycles. The molecule has 0 amide bonds. The van der Waals surface area contributed by atoms with Gasteiger partial charge >= 0.3 is 5.97 Å². The van der Waals surface area contributed by atoms with Crippen LogP contribution >= 0.6 is 11.8 Å². The number of hydrogen-bond acceptors (Lipinski definition) is 5. The Hall–Kier alpha value is -1.58. The first-order chi connectivity index (χ1) is 9.08. The maximum atomic E-state index is 11.2. The van der Waals surface area contributed by atoms with E-state index < -0.39 is 0 Å². The van der Waals surface area contributed by atoms with Crippen molar-refractivity contribution in [2.75, 3.05) is 12.4 Å². The third kappa shape index (κ3) is 4.89. The Labute approximate surface area is 122 Å². The lowest BCUT2D eigenvalue weighted by Crippen LogP contribution is -2.31. The van der Waals surface area contributed by atoms with Gasteiger partial charge in [0, 0.05) is 12.1 Å². The van der Waals surface area contributed by atoms with Crippen LogP contribution in [0.5, 0.6) is 0 Å². The van der Waals surface area contributed by atoms with Crippen LogP contribution in [-0.4, -0.2) is 18.3 Å². The molecule has 0 saturated heterocycles. The lowest BCUT2D eigenvalue weighted by molar-refractivity contribution is -0.577. The van der Waals surface area contributed by atoms with Gasteiger partial charge in [-0.25, -0.2) is 0 Å². The van der Waals surface area contributed by atoms with Gasteiger partial charge in [0.2, 0.25) is 0 Å². The molecule has 1 aromatic heterocycles. The number of carbonyl (C=O) groups is 1. The number of allylic oxidation sites excluding steroid dienone is 1. The fourth-order valence-corrected chi connectivity index (χ4v) is 2.20. The minimum atomic E-state index is -0.332. The van der Waals surface area contributed by atoms with E-state index in [0.717, 1.165) is 17.3 Å². The largest absolute Gasteiger partial charge is 0.766 e. The number of nitriles is 1. The number of thioether (sulfide) groups is 1. The molecule has 0 radical (unpaired) electrons. The summed E-state index contributed by atoms with van der Waals surface area (Å²) in [6, 6.07) is 5.83. The Kier molecular flexibility index (Phi) is 6.33. The van der Waals surface area contributed by atoms with Gasteiger partial charge < -0.3 is 17.4 Å². The molecule has 6 heteroatoms. The molecule has 0 fully saturated rings. The molecular weight excluding hydrogens is 280 g/mol. The van der Waals surface area contributed by atoms with E-state index in [4.69, 9.17) is 22.6 Å². The Bertz CT molecular complexity index is 518. The van der Waals surface area contributed by atoms with E-state index in [1.54, 1.807) is 23.9 Å². The van der Waals surface area contributed by atoms with Gasteiger partial charge in [-0.1, -0.05) is 4.24 Å². The molecule has 0 saturated carbocycles. The molecule has 100 valence electrons. The van der Waals surface area contributed by atoms with Crippen LogP contribution in [-0.2, 0) is 22.2 Å². The van der Waals surface area contributed by atoms with Gasteiger partial charge in [0.25, 0.3) is 5.70 Å². The smallest absolute Gasteiger partial charge is 0.316 e. The highest BCUT2D eigenvalue weighted by molar-refractivity contribution is 8.11. The van der Waals surface area contributed by atoms with Crippen molar-refractivity contribution < 1.29 is 14.1 Å². The number of aromatic nitrogens is 1. The molecule has 4 nitrogen and oxygen atoms in total. The molecule has 1 aromatic rings. The summed E-state index contributed by atoms with van der Waals surface area (Å²) >= 11 is 6.30. The van der Waals surface area contributed by atoms with Gasteiger partial charge in [0.1, 0.15) is 0 Å². The van der Waals surface area contributed by atoms with E-state index in [-0.39, 0.29) is 11.7 Å². The highest BCUT2D eigenvalue weighted by Crippen LogP contribution is 2.18. The summed E-state index contributed by atoms with van der Waals surface area (Å²) in [7, 11) is 0. The quantitative estimate of drug-likeness (QED) is 0.358. The Morgan fingerprint density at radius 2 is 2.16 bits per heavy atom. The molecule has 0 aliphatic carbocycles. The minimum Gasteiger partial charge on any atom is -0.766 e. The van der Waals surface area contributed by atoms with Crippen LogP contribution in [0.1, 0.15) is 12.5 Å². The summed E-state index contributed by atoms with van der Waals surface area (Å²) in [6.07, 6.45) is 3.54. The molecular formula is C13H14N2O2S2. The fourth-order valence-electron chi connectivity index (χ4n) is 1.25. The number of nitrogens with zero attached hydrogens (tertiary/aromatic N) is 2. The fraction of sp³-hybridized carbons (Fsp3) is 0.308. The summed E-state index contributed by atoms with van der Waals surface area (Å²) in [5, 5.41) is 9.16. The molecule has 0 unspecified atom stereocenters. The van der Waals surface area contributed by atoms with Crippen molar-refractivity contribution in [1.82, 2.24) is 0 Å². The predicted molar refractivity (Wildman–Crippen MR) is 76.7 cm³/mol. The van der Waals surface area contributed by atoms with Crippen molar-refractivity contribution in [3.05, 3.63) is 34.3 Å². The summed E-state index contributed by atoms with van der Waals surface area (Å²) in [6.45, 7) is 4.05. The van der Waals surface area contributed by atoms with Crippen LogP contribution in [0.15, 0.2) is 28.8 Å². The van der Waals surface area contributed by atoms with Crippen LogP contribution in [0.2, 0.25) is 0 Å². The number of pyridine rings is 1. The van der Waals surface area contributed by atoms with E-state index >= 15 is 0 Å². The lowest BCUT2D eigenvalue weighted by Gasteiger charge is -2.10. The maximum absolute atomic E-state index is 11.2. The average molecular weight is 294 g/mol. The second kappa shape index (κ2) is 7.77. The summed E-state index contributed by atoms with van der Waals surface area (Å²) in [4.78, 5) is 11.2. The zero-order valence-electron chi connectivity index (χ0n) is 10.8. The number of aryl methyl sites for hydroxylation is 1. The first-order valence-corrected chi connectivity index (χ1v) is 7.06. The molecule has 0 bridgehead atoms. The van der Waals surface area contributed by atoms with E-state index in [0.29, 0.717) is 16.5 Å². The highest BCUT2D eigenvalue weighted by Gasteiger charge is 2.11. The van der Waals surface area contributed by atoms with E-state index in [9.17, 15) is 4.79 Å². The third-order valence-corrected chi connectivity index (χ3v) is 3.56. The van der Waals surface area contributed by atoms with E-state index in [1.165, 1.54) is 0 Å². The van der Waals surface area contributed by atoms with Gasteiger partial charge in [0.15, 0.2) is 18.5 Å². The number of esters is 1. The van der Waals surface area contributed by atoms with Crippen molar-refractivity contribution >= 4 is 36.1 Å². The van der Waals surface area contributed by atoms with Crippen LogP contribution in [0.3, 0.4) is 0 Å². The Morgan fingerprint density at radius 3 is 2.68 bits per heavy atom. The van der Waals surface area contributed by atoms with Crippen LogP contribution in [0, 0.1) is 18.3 Å². The van der Waals surface area contributed by atoms with Crippen molar-refractivity contribution in [3.63, 3.8) is 0 Å². The second-order valence-electron chi connectivity index (χ2n) is 3.62. The number of carbonyl (C=O) groups excluding carboxylic acids is 1. The van der Waals surface area contributed by atoms with E-state index in [1.807, 2.05) is 19.1 Å². The highest BCUT2D eigenvalue weighted by atomic mass is 32.2. The molecule has 0 aliphatic heterocycles. The van der Waals surface area contributed by atoms with Crippen molar-refractivity contribution in [2.24, 2.45) is 0 Å². The van der Waals surface area contributed by atoms with Gasteiger partial charge in [-0.2, -0.15) is 9.83 Å². The summed E-state index contributed by atoms with van der Waals surface area (Å²) < 4.78 is 6.83. The molecule has 0 N–H and O–H groups in total. The van der Waals surface area contributed by atoms with Crippen LogP contribution in [0.4, 0.5) is 0 Å². The molecule has 1 heterocycles.